The van der Waals surface area contributed by atoms with E-state index in [0.29, 0.717) is 0 Å². The van der Waals surface area contributed by atoms with Crippen molar-refractivity contribution in [3.8, 4) is 0 Å². The van der Waals surface area contributed by atoms with Gasteiger partial charge in [0.15, 0.2) is 11.7 Å². The molecule has 0 radical (unpaired) electrons. The fraction of sp³-hybridized carbons (Fsp3) is 0. The van der Waals surface area contributed by atoms with Gasteiger partial charge in [0.25, 0.3) is 0 Å². The molecule has 0 aliphatic carbocycles. The van der Waals surface area contributed by atoms with Gasteiger partial charge in [0.05, 0.1) is 0 Å². The number of hydrogen-bond donors (Lipinski definition) is 2. The zero-order valence-electron chi connectivity index (χ0n) is 4.94. The third-order valence-electron chi connectivity index (χ3n) is 0.459. The van der Waals surface area contributed by atoms with Crippen molar-refractivity contribution >= 4 is 30.5 Å². The van der Waals surface area contributed by atoms with E-state index in [1.165, 1.54) is 0 Å². The van der Waals surface area contributed by atoms with Crippen molar-refractivity contribution in [1.82, 2.24) is 0 Å². The minimum atomic E-state index is -0.583. The quantitative estimate of drug-likeness (QED) is 0.350. The van der Waals surface area contributed by atoms with Crippen molar-refractivity contribution in [1.29, 1.82) is 0 Å². The van der Waals surface area contributed by atoms with Crippen LogP contribution in [0.4, 0.5) is 0 Å². The fourth-order valence-corrected chi connectivity index (χ4v) is 0.0935. The summed E-state index contributed by atoms with van der Waals surface area (Å²) in [5.74, 6) is -1.17. The van der Waals surface area contributed by atoms with Gasteiger partial charge in [0.1, 0.15) is 0 Å². The molecule has 11 heavy (non-hydrogen) atoms. The van der Waals surface area contributed by atoms with Gasteiger partial charge in [0.2, 0.25) is 0 Å². The van der Waals surface area contributed by atoms with Gasteiger partial charge in [-0.25, -0.2) is 0 Å². The molecule has 70 valence electrons. The predicted molar refractivity (Wildman–Crippen MR) is 41.7 cm³/mol. The van der Waals surface area contributed by atoms with E-state index in [4.69, 9.17) is 30.3 Å². The van der Waals surface area contributed by atoms with E-state index in [9.17, 15) is 10.4 Å². The second-order valence-electron chi connectivity index (χ2n) is 0.998. The molecule has 0 aliphatic heterocycles. The standard InChI is InChI=1S/C2H6N4O2.2ClH.Pt/c3-1(5-7)2(4)6-8;;;/h7-8H,(H2,3,5)(H2,4,6);2*1H;/q;;;+2/p-4. The summed E-state index contributed by atoms with van der Waals surface area (Å²) in [6.07, 6.45) is 0. The first-order valence-electron chi connectivity index (χ1n) is 1.88. The van der Waals surface area contributed by atoms with Gasteiger partial charge in [-0.3, -0.25) is 0 Å². The Balaban J connectivity index is 0. The van der Waals surface area contributed by atoms with E-state index in [2.05, 4.69) is 10.3 Å². The minimum absolute atomic E-state index is 0.472. The van der Waals surface area contributed by atoms with Crippen LogP contribution in [0.3, 0.4) is 0 Å². The summed E-state index contributed by atoms with van der Waals surface area (Å²) in [6, 6.07) is 0. The van der Waals surface area contributed by atoms with E-state index in [-0.39, 0.29) is 0 Å². The van der Waals surface area contributed by atoms with Crippen LogP contribution in [0.25, 0.3) is 0 Å². The summed E-state index contributed by atoms with van der Waals surface area (Å²) in [4.78, 5) is 0. The molecule has 0 aromatic carbocycles. The number of halogens is 2. The van der Waals surface area contributed by atoms with Crippen molar-refractivity contribution in [2.24, 2.45) is 21.8 Å². The second kappa shape index (κ2) is 9.81. The molecule has 9 heteroatoms. The van der Waals surface area contributed by atoms with Crippen molar-refractivity contribution in [2.45, 2.75) is 0 Å². The molecule has 0 unspecified atom stereocenters. The van der Waals surface area contributed by atoms with Gasteiger partial charge in [0, 0.05) is 0 Å². The Morgan fingerprint density at radius 3 is 1.36 bits per heavy atom. The van der Waals surface area contributed by atoms with E-state index in [1.54, 1.807) is 0 Å². The summed E-state index contributed by atoms with van der Waals surface area (Å²) in [6.45, 7) is 0. The molecule has 0 saturated heterocycles. The number of nitrogens with zero attached hydrogens (tertiary/aromatic N) is 2. The van der Waals surface area contributed by atoms with Crippen LogP contribution in [0.5, 0.6) is 0 Å². The summed E-state index contributed by atoms with van der Waals surface area (Å²) < 4.78 is 0. The van der Waals surface area contributed by atoms with Crippen LogP contribution in [0, 0.1) is 10.4 Å². The second-order valence-corrected chi connectivity index (χ2v) is 4.28. The monoisotopic (exact) mass is 381 g/mol. The Hall–Kier alpha value is -0.192. The zero-order valence-corrected chi connectivity index (χ0v) is 8.72. The van der Waals surface area contributed by atoms with Gasteiger partial charge >= 0.3 is 35.3 Å². The molecule has 0 aromatic heterocycles. The summed E-state index contributed by atoms with van der Waals surface area (Å²) in [5.41, 5.74) is 9.42. The molecule has 0 fully saturated rings. The molecule has 0 heterocycles. The molecular formula is C2H4Cl2N4O2Pt-2. The molecular weight excluding hydrogens is 378 g/mol. The van der Waals surface area contributed by atoms with Gasteiger partial charge in [-0.05, 0) is 0 Å². The Kier molecular flexibility index (Phi) is 11.9. The number of hydrogen-bond acceptors (Lipinski definition) is 4. The SMILES string of the molecule is NC(=N[O-])C(N)=N[O-].[Cl][Pt][Cl]. The molecule has 0 rings (SSSR count). The van der Waals surface area contributed by atoms with Crippen molar-refractivity contribution in [3.05, 3.63) is 10.4 Å². The van der Waals surface area contributed by atoms with Crippen LogP contribution in [0.2, 0.25) is 0 Å². The van der Waals surface area contributed by atoms with Crippen molar-refractivity contribution in [2.75, 3.05) is 0 Å². The number of rotatable bonds is 0. The first-order valence-corrected chi connectivity index (χ1v) is 7.51. The van der Waals surface area contributed by atoms with Crippen molar-refractivity contribution in [3.63, 3.8) is 0 Å². The molecule has 0 aliphatic rings. The number of nitrogens with two attached hydrogens (primary N) is 2. The third kappa shape index (κ3) is 9.81. The van der Waals surface area contributed by atoms with Crippen LogP contribution >= 0.6 is 18.8 Å². The average Bonchev–Trinajstić information content (AvgIpc) is 2.03. The third-order valence-corrected chi connectivity index (χ3v) is 0.459. The Bertz CT molecular complexity index is 135. The van der Waals surface area contributed by atoms with Gasteiger partial charge in [-0.2, -0.15) is 0 Å². The molecule has 6 nitrogen and oxygen atoms in total. The molecule has 4 N–H and O–H groups in total. The molecule has 0 atom stereocenters. The molecule has 0 amide bonds. The Morgan fingerprint density at radius 2 is 1.27 bits per heavy atom. The molecule has 0 aromatic rings. The van der Waals surface area contributed by atoms with Crippen LogP contribution in [-0.4, -0.2) is 11.7 Å². The zero-order chi connectivity index (χ0) is 9.28. The number of amidine groups is 2. The first kappa shape index (κ1) is 13.4. The van der Waals surface area contributed by atoms with Crippen LogP contribution < -0.4 is 11.5 Å². The Labute approximate surface area is 79.2 Å². The molecule has 0 saturated carbocycles. The van der Waals surface area contributed by atoms with Gasteiger partial charge in [-0.1, -0.05) is 0 Å². The normalized spacial score (nSPS) is 12.2. The average molecular weight is 382 g/mol. The summed E-state index contributed by atoms with van der Waals surface area (Å²) in [7, 11) is 9.75. The molecule has 0 bridgehead atoms. The van der Waals surface area contributed by atoms with Crippen LogP contribution in [-0.2, 0) is 16.5 Å². The van der Waals surface area contributed by atoms with Gasteiger partial charge in [-0.15, -0.1) is 0 Å². The van der Waals surface area contributed by atoms with E-state index >= 15 is 0 Å². The fourth-order valence-electron chi connectivity index (χ4n) is 0.0935. The Morgan fingerprint density at radius 1 is 1.09 bits per heavy atom. The summed E-state index contributed by atoms with van der Waals surface area (Å²) in [5, 5.41) is 23.1. The van der Waals surface area contributed by atoms with Crippen LogP contribution in [0.1, 0.15) is 0 Å². The van der Waals surface area contributed by atoms with Gasteiger partial charge < -0.3 is 32.2 Å². The van der Waals surface area contributed by atoms with E-state index in [1.807, 2.05) is 0 Å². The van der Waals surface area contributed by atoms with E-state index in [0.717, 1.165) is 0 Å². The predicted octanol–water partition coefficient (Wildman–Crippen LogP) is 0.0729. The first-order chi connectivity index (χ1) is 5.13. The summed E-state index contributed by atoms with van der Waals surface area (Å²) >= 11 is -0.472. The molecule has 0 spiro atoms. The van der Waals surface area contributed by atoms with E-state index < -0.39 is 28.2 Å². The topological polar surface area (TPSA) is 123 Å². The van der Waals surface area contributed by atoms with Crippen molar-refractivity contribution < 1.29 is 16.5 Å². The maximum atomic E-state index is 9.39. The maximum absolute atomic E-state index is 9.39. The van der Waals surface area contributed by atoms with Crippen LogP contribution in [0.15, 0.2) is 10.3 Å².